The Balaban J connectivity index is 0.000000610. The molecule has 0 bridgehead atoms. The molecule has 0 spiro atoms. The van der Waals surface area contributed by atoms with Gasteiger partial charge >= 0.3 is 0 Å². The molecule has 220 valence electrons. The summed E-state index contributed by atoms with van der Waals surface area (Å²) >= 11 is 5.09. The highest BCUT2D eigenvalue weighted by Crippen LogP contribution is 2.07. The smallest absolute Gasteiger partial charge is 0.253 e. The minimum atomic E-state index is -0.569. The number of hydrogen-bond donors (Lipinski definition) is 1. The van der Waals surface area contributed by atoms with Gasteiger partial charge in [-0.1, -0.05) is 34.6 Å². The van der Waals surface area contributed by atoms with Crippen molar-refractivity contribution in [2.45, 2.75) is 41.5 Å². The van der Waals surface area contributed by atoms with E-state index in [-0.39, 0.29) is 17.5 Å². The molecular formula is C30H47ClF2N4O2. The molecule has 0 fully saturated rings. The van der Waals surface area contributed by atoms with Crippen LogP contribution in [0.15, 0.2) is 48.5 Å². The Bertz CT molecular complexity index is 906. The minimum absolute atomic E-state index is 0.0327. The summed E-state index contributed by atoms with van der Waals surface area (Å²) in [5, 5.41) is 2.74. The largest absolute Gasteiger partial charge is 0.338 e. The lowest BCUT2D eigenvalue weighted by molar-refractivity contribution is 0.0746. The van der Waals surface area contributed by atoms with Crippen LogP contribution in [0, 0.1) is 11.6 Å². The zero-order chi connectivity index (χ0) is 29.6. The predicted molar refractivity (Wildman–Crippen MR) is 159 cm³/mol. The predicted octanol–water partition coefficient (Wildman–Crippen LogP) is 5.77. The fourth-order valence-electron chi connectivity index (χ4n) is 3.51. The molecule has 0 aliphatic heterocycles. The first kappa shape index (κ1) is 36.6. The van der Waals surface area contributed by atoms with Crippen LogP contribution in [-0.2, 0) is 0 Å². The lowest BCUT2D eigenvalue weighted by atomic mass is 10.2. The second-order valence-corrected chi connectivity index (χ2v) is 8.92. The van der Waals surface area contributed by atoms with Gasteiger partial charge < -0.3 is 20.0 Å². The molecule has 0 saturated heterocycles. The van der Waals surface area contributed by atoms with Gasteiger partial charge in [-0.15, -0.1) is 0 Å². The molecule has 6 nitrogen and oxygen atoms in total. The highest BCUT2D eigenvalue weighted by Gasteiger charge is 2.14. The summed E-state index contributed by atoms with van der Waals surface area (Å²) in [5.41, 5.74) is 0.853. The summed E-state index contributed by atoms with van der Waals surface area (Å²) in [4.78, 5) is 29.2. The molecule has 0 heterocycles. The Labute approximate surface area is 239 Å². The molecule has 9 heteroatoms. The first-order valence-corrected chi connectivity index (χ1v) is 14.2. The van der Waals surface area contributed by atoms with Crippen molar-refractivity contribution in [3.8, 4) is 0 Å². The summed E-state index contributed by atoms with van der Waals surface area (Å²) in [5.74, 6) is -0.723. The highest BCUT2D eigenvalue weighted by atomic mass is 35.5. The average Bonchev–Trinajstić information content (AvgIpc) is 2.95. The SMILES string of the molecule is CCN(CC)CCN(CC)C(=O)c1ccc(F)cc1.CCNCCN(CC)CC.O=C(Cl)c1ccc(F)cc1. The van der Waals surface area contributed by atoms with E-state index in [1.807, 2.05) is 6.92 Å². The number of benzene rings is 2. The number of nitrogens with zero attached hydrogens (tertiary/aromatic N) is 3. The van der Waals surface area contributed by atoms with Crippen LogP contribution in [-0.4, -0.2) is 91.3 Å². The van der Waals surface area contributed by atoms with Crippen molar-refractivity contribution >= 4 is 22.8 Å². The van der Waals surface area contributed by atoms with E-state index in [2.05, 4.69) is 49.7 Å². The van der Waals surface area contributed by atoms with Crippen molar-refractivity contribution in [1.82, 2.24) is 20.0 Å². The summed E-state index contributed by atoms with van der Waals surface area (Å²) in [6.45, 7) is 22.7. The lowest BCUT2D eigenvalue weighted by Crippen LogP contribution is -2.38. The van der Waals surface area contributed by atoms with Gasteiger partial charge in [-0.25, -0.2) is 8.78 Å². The maximum Gasteiger partial charge on any atom is 0.253 e. The van der Waals surface area contributed by atoms with Crippen LogP contribution in [0.4, 0.5) is 8.78 Å². The molecule has 0 aliphatic rings. The Morgan fingerprint density at radius 2 is 1.10 bits per heavy atom. The zero-order valence-corrected chi connectivity index (χ0v) is 25.2. The second-order valence-electron chi connectivity index (χ2n) is 8.58. The maximum atomic E-state index is 12.8. The summed E-state index contributed by atoms with van der Waals surface area (Å²) < 4.78 is 25.0. The summed E-state index contributed by atoms with van der Waals surface area (Å²) in [6, 6.07) is 10.8. The van der Waals surface area contributed by atoms with Gasteiger partial charge in [0.2, 0.25) is 0 Å². The van der Waals surface area contributed by atoms with Gasteiger partial charge in [0.1, 0.15) is 11.6 Å². The maximum absolute atomic E-state index is 12.8. The van der Waals surface area contributed by atoms with E-state index in [0.717, 1.165) is 32.7 Å². The minimum Gasteiger partial charge on any atom is -0.338 e. The number of carbonyl (C=O) groups is 2. The number of rotatable bonds is 14. The number of amides is 1. The fourth-order valence-corrected chi connectivity index (χ4v) is 3.64. The standard InChI is InChI=1S/C15H23FN2O.C8H20N2.C7H4ClFO/c1-4-17(5-2)11-12-18(6-3)15(19)13-7-9-14(16)10-8-13;1-4-9-7-8-10(5-2)6-3;8-7(10)5-1-3-6(9)4-2-5/h7-10H,4-6,11-12H2,1-3H3;9H,4-8H2,1-3H3;1-4H. The number of likely N-dealkylation sites (N-methyl/N-ethyl adjacent to an activating group) is 4. The van der Waals surface area contributed by atoms with Crippen LogP contribution < -0.4 is 5.32 Å². The zero-order valence-electron chi connectivity index (χ0n) is 24.5. The summed E-state index contributed by atoms with van der Waals surface area (Å²) in [7, 11) is 0. The number of nitrogens with one attached hydrogen (secondary N) is 1. The third-order valence-corrected chi connectivity index (χ3v) is 6.38. The highest BCUT2D eigenvalue weighted by molar-refractivity contribution is 6.67. The van der Waals surface area contributed by atoms with Crippen LogP contribution in [0.1, 0.15) is 62.3 Å². The molecule has 2 rings (SSSR count). The molecule has 0 saturated carbocycles. The molecule has 2 aromatic rings. The topological polar surface area (TPSA) is 55.9 Å². The Kier molecular flexibility index (Phi) is 21.1. The number of halogens is 3. The van der Waals surface area contributed by atoms with Crippen molar-refractivity contribution in [1.29, 1.82) is 0 Å². The van der Waals surface area contributed by atoms with Crippen LogP contribution in [0.25, 0.3) is 0 Å². The van der Waals surface area contributed by atoms with Gasteiger partial charge in [0, 0.05) is 43.9 Å². The molecule has 2 aromatic carbocycles. The number of hydrogen-bond acceptors (Lipinski definition) is 5. The van der Waals surface area contributed by atoms with E-state index < -0.39 is 5.24 Å². The lowest BCUT2D eigenvalue weighted by Gasteiger charge is -2.25. The van der Waals surface area contributed by atoms with Crippen LogP contribution in [0.2, 0.25) is 0 Å². The Hall–Kier alpha value is -2.39. The van der Waals surface area contributed by atoms with E-state index in [0.29, 0.717) is 24.2 Å². The Morgan fingerprint density at radius 1 is 0.667 bits per heavy atom. The monoisotopic (exact) mass is 568 g/mol. The first-order valence-electron chi connectivity index (χ1n) is 13.8. The quantitative estimate of drug-likeness (QED) is 0.231. The van der Waals surface area contributed by atoms with Crippen molar-refractivity contribution in [3.05, 3.63) is 71.3 Å². The molecule has 0 aliphatic carbocycles. The Morgan fingerprint density at radius 3 is 1.49 bits per heavy atom. The molecule has 0 radical (unpaired) electrons. The molecule has 39 heavy (non-hydrogen) atoms. The average molecular weight is 569 g/mol. The molecule has 0 unspecified atom stereocenters. The van der Waals surface area contributed by atoms with Gasteiger partial charge in [0.25, 0.3) is 11.1 Å². The van der Waals surface area contributed by atoms with Crippen molar-refractivity contribution in [2.24, 2.45) is 0 Å². The van der Waals surface area contributed by atoms with Crippen molar-refractivity contribution < 1.29 is 18.4 Å². The number of carbonyl (C=O) groups excluding carboxylic acids is 2. The van der Waals surface area contributed by atoms with E-state index >= 15 is 0 Å². The molecule has 1 N–H and O–H groups in total. The molecule has 0 atom stereocenters. The fraction of sp³-hybridized carbons (Fsp3) is 0.533. The van der Waals surface area contributed by atoms with E-state index in [1.165, 1.54) is 68.2 Å². The third kappa shape index (κ3) is 16.3. The molecular weight excluding hydrogens is 522 g/mol. The second kappa shape index (κ2) is 22.4. The van der Waals surface area contributed by atoms with Crippen LogP contribution >= 0.6 is 11.6 Å². The third-order valence-electron chi connectivity index (χ3n) is 6.16. The van der Waals surface area contributed by atoms with Crippen LogP contribution in [0.5, 0.6) is 0 Å². The first-order chi connectivity index (χ1) is 18.7. The summed E-state index contributed by atoms with van der Waals surface area (Å²) in [6.07, 6.45) is 0. The van der Waals surface area contributed by atoms with Gasteiger partial charge in [-0.05, 0) is 99.8 Å². The van der Waals surface area contributed by atoms with E-state index in [1.54, 1.807) is 4.90 Å². The molecule has 0 aromatic heterocycles. The van der Waals surface area contributed by atoms with Crippen molar-refractivity contribution in [3.63, 3.8) is 0 Å². The van der Waals surface area contributed by atoms with E-state index in [4.69, 9.17) is 11.6 Å². The molecule has 1 amide bonds. The van der Waals surface area contributed by atoms with E-state index in [9.17, 15) is 18.4 Å². The van der Waals surface area contributed by atoms with Gasteiger partial charge in [-0.2, -0.15) is 0 Å². The normalized spacial score (nSPS) is 10.4. The van der Waals surface area contributed by atoms with Crippen LogP contribution in [0.3, 0.4) is 0 Å². The van der Waals surface area contributed by atoms with Crippen molar-refractivity contribution in [2.75, 3.05) is 65.4 Å². The van der Waals surface area contributed by atoms with Gasteiger partial charge in [0.15, 0.2) is 0 Å². The van der Waals surface area contributed by atoms with Gasteiger partial charge in [-0.3, -0.25) is 9.59 Å². The van der Waals surface area contributed by atoms with Gasteiger partial charge in [0.05, 0.1) is 0 Å².